The Morgan fingerprint density at radius 3 is 2.48 bits per heavy atom. The summed E-state index contributed by atoms with van der Waals surface area (Å²) >= 11 is 5.35. The van der Waals surface area contributed by atoms with Gasteiger partial charge in [-0.1, -0.05) is 0 Å². The molecule has 2 heterocycles. The predicted octanol–water partition coefficient (Wildman–Crippen LogP) is 4.67. The molecule has 1 N–H and O–H groups in total. The molecule has 0 aliphatic carbocycles. The molecule has 1 fully saturated rings. The zero-order chi connectivity index (χ0) is 24.8. The number of likely N-dealkylation sites (N-methyl/N-ethyl adjacent to an activating group) is 1. The van der Waals surface area contributed by atoms with Crippen LogP contribution in [0.3, 0.4) is 0 Å². The maximum Gasteiger partial charge on any atom is 0.458 e. The average Bonchev–Trinajstić information content (AvgIpc) is 3.12. The van der Waals surface area contributed by atoms with Crippen molar-refractivity contribution in [1.82, 2.24) is 15.1 Å². The monoisotopic (exact) mass is 491 g/mol. The van der Waals surface area contributed by atoms with Gasteiger partial charge in [0, 0.05) is 49.8 Å². The average molecular weight is 492 g/mol. The molecule has 0 atom stereocenters. The van der Waals surface area contributed by atoms with Crippen LogP contribution in [-0.2, 0) is 10.7 Å². The number of hydrogen-bond acceptors (Lipinski definition) is 3. The molecule has 1 aromatic carbocycles. The number of hydrogen-bond donors (Lipinski definition) is 1. The van der Waals surface area contributed by atoms with Crippen molar-refractivity contribution in [3.8, 4) is 5.75 Å². The lowest BCUT2D eigenvalue weighted by molar-refractivity contribution is -0.289. The second kappa shape index (κ2) is 8.73. The SMILES string of the molecule is CCNC(=S)N(C)CC1=C(N2CCCC2=O)c2cc(C(F)(F)C(F)(F)F)ccc2OC1(C)C. The van der Waals surface area contributed by atoms with Gasteiger partial charge in [-0.2, -0.15) is 22.0 Å². The Morgan fingerprint density at radius 2 is 1.94 bits per heavy atom. The number of amides is 1. The lowest BCUT2D eigenvalue weighted by Crippen LogP contribution is -2.46. The van der Waals surface area contributed by atoms with Gasteiger partial charge in [0.05, 0.1) is 5.70 Å². The van der Waals surface area contributed by atoms with Crippen LogP contribution in [0.5, 0.6) is 5.75 Å². The van der Waals surface area contributed by atoms with Gasteiger partial charge in [-0.05, 0) is 57.6 Å². The summed E-state index contributed by atoms with van der Waals surface area (Å²) in [5, 5.41) is 3.44. The van der Waals surface area contributed by atoms with Crippen LogP contribution in [0.2, 0.25) is 0 Å². The summed E-state index contributed by atoms with van der Waals surface area (Å²) in [6.45, 7) is 6.48. The molecule has 1 aromatic rings. The number of nitrogens with one attached hydrogen (secondary N) is 1. The first kappa shape index (κ1) is 25.2. The zero-order valence-electron chi connectivity index (χ0n) is 18.8. The summed E-state index contributed by atoms with van der Waals surface area (Å²) in [6.07, 6.45) is -4.95. The highest BCUT2D eigenvalue weighted by atomic mass is 32.1. The van der Waals surface area contributed by atoms with Crippen LogP contribution in [0.1, 0.15) is 44.7 Å². The summed E-state index contributed by atoms with van der Waals surface area (Å²) in [6, 6.07) is 2.60. The van der Waals surface area contributed by atoms with Gasteiger partial charge in [0.15, 0.2) is 5.11 Å². The smallest absolute Gasteiger partial charge is 0.458 e. The Balaban J connectivity index is 2.22. The number of likely N-dealkylation sites (tertiary alicyclic amines) is 1. The van der Waals surface area contributed by atoms with Crippen molar-refractivity contribution in [2.45, 2.75) is 51.3 Å². The van der Waals surface area contributed by atoms with Crippen LogP contribution in [0.4, 0.5) is 22.0 Å². The molecule has 2 aliphatic rings. The fraction of sp³-hybridized carbons (Fsp3) is 0.545. The fourth-order valence-electron chi connectivity index (χ4n) is 4.00. The molecule has 1 saturated heterocycles. The lowest BCUT2D eigenvalue weighted by Gasteiger charge is -2.41. The minimum Gasteiger partial charge on any atom is -0.483 e. The van der Waals surface area contributed by atoms with E-state index in [9.17, 15) is 26.7 Å². The highest BCUT2D eigenvalue weighted by Gasteiger charge is 2.59. The second-order valence-electron chi connectivity index (χ2n) is 8.56. The van der Waals surface area contributed by atoms with E-state index in [-0.39, 0.29) is 30.2 Å². The minimum absolute atomic E-state index is 0.0313. The number of nitrogens with zero attached hydrogens (tertiary/aromatic N) is 2. The van der Waals surface area contributed by atoms with Gasteiger partial charge >= 0.3 is 12.1 Å². The highest BCUT2D eigenvalue weighted by molar-refractivity contribution is 7.80. The third-order valence-electron chi connectivity index (χ3n) is 5.74. The van der Waals surface area contributed by atoms with E-state index in [1.807, 2.05) is 6.92 Å². The van der Waals surface area contributed by atoms with E-state index in [0.717, 1.165) is 12.1 Å². The molecule has 0 saturated carbocycles. The topological polar surface area (TPSA) is 44.8 Å². The first-order valence-electron chi connectivity index (χ1n) is 10.5. The number of fused-ring (bicyclic) bond motifs is 1. The van der Waals surface area contributed by atoms with Crippen molar-refractivity contribution in [3.63, 3.8) is 0 Å². The maximum atomic E-state index is 14.2. The number of ether oxygens (including phenoxy) is 1. The molecule has 3 rings (SSSR count). The molecular weight excluding hydrogens is 465 g/mol. The molecule has 0 aromatic heterocycles. The van der Waals surface area contributed by atoms with E-state index in [1.54, 1.807) is 25.8 Å². The maximum absolute atomic E-state index is 14.2. The molecule has 0 unspecified atom stereocenters. The Hall–Kier alpha value is -2.43. The van der Waals surface area contributed by atoms with Crippen LogP contribution in [-0.4, -0.2) is 59.3 Å². The Morgan fingerprint density at radius 1 is 1.27 bits per heavy atom. The molecule has 0 radical (unpaired) electrons. The summed E-state index contributed by atoms with van der Waals surface area (Å²) in [4.78, 5) is 15.8. The van der Waals surface area contributed by atoms with E-state index >= 15 is 0 Å². The van der Waals surface area contributed by atoms with Crippen molar-refractivity contribution in [2.75, 3.05) is 26.7 Å². The lowest BCUT2D eigenvalue weighted by atomic mass is 9.87. The second-order valence-corrected chi connectivity index (χ2v) is 8.95. The zero-order valence-corrected chi connectivity index (χ0v) is 19.6. The van der Waals surface area contributed by atoms with Crippen molar-refractivity contribution < 1.29 is 31.5 Å². The van der Waals surface area contributed by atoms with Crippen molar-refractivity contribution in [2.24, 2.45) is 0 Å². The Labute approximate surface area is 194 Å². The first-order chi connectivity index (χ1) is 15.2. The number of benzene rings is 1. The fourth-order valence-corrected chi connectivity index (χ4v) is 4.21. The van der Waals surface area contributed by atoms with Gasteiger partial charge in [0.2, 0.25) is 5.91 Å². The van der Waals surface area contributed by atoms with Crippen molar-refractivity contribution in [1.29, 1.82) is 0 Å². The van der Waals surface area contributed by atoms with E-state index in [4.69, 9.17) is 17.0 Å². The van der Waals surface area contributed by atoms with Crippen LogP contribution in [0.15, 0.2) is 23.8 Å². The molecular formula is C22H26F5N3O2S. The number of thiocarbonyl (C=S) groups is 1. The van der Waals surface area contributed by atoms with Crippen molar-refractivity contribution >= 4 is 28.9 Å². The summed E-state index contributed by atoms with van der Waals surface area (Å²) < 4.78 is 73.6. The van der Waals surface area contributed by atoms with Gasteiger partial charge in [0.1, 0.15) is 11.4 Å². The van der Waals surface area contributed by atoms with E-state index < -0.39 is 23.3 Å². The quantitative estimate of drug-likeness (QED) is 0.479. The summed E-state index contributed by atoms with van der Waals surface area (Å²) in [7, 11) is 1.72. The molecule has 33 heavy (non-hydrogen) atoms. The molecule has 1 amide bonds. The van der Waals surface area contributed by atoms with Gasteiger partial charge in [-0.15, -0.1) is 0 Å². The number of alkyl halides is 5. The summed E-state index contributed by atoms with van der Waals surface area (Å²) in [5.41, 5.74) is -1.30. The molecule has 0 bridgehead atoms. The number of rotatable bonds is 5. The molecule has 11 heteroatoms. The van der Waals surface area contributed by atoms with Crippen molar-refractivity contribution in [3.05, 3.63) is 34.9 Å². The number of carbonyl (C=O) groups excluding carboxylic acids is 1. The standard InChI is InChI=1S/C22H26F5N3O2S/c1-5-28-19(33)29(4)12-15-18(30-10-6-7-17(30)31)14-11-13(21(23,24)22(25,26)27)8-9-16(14)32-20(15,2)3/h8-9,11H,5-7,10,12H2,1-4H3,(H,28,33). The summed E-state index contributed by atoms with van der Waals surface area (Å²) in [5.74, 6) is -5.15. The third-order valence-corrected chi connectivity index (χ3v) is 6.20. The Bertz CT molecular complexity index is 991. The van der Waals surface area contributed by atoms with Gasteiger partial charge in [-0.25, -0.2) is 0 Å². The van der Waals surface area contributed by atoms with Crippen LogP contribution in [0.25, 0.3) is 5.70 Å². The number of halogens is 5. The van der Waals surface area contributed by atoms with Crippen LogP contribution >= 0.6 is 12.2 Å². The largest absolute Gasteiger partial charge is 0.483 e. The van der Waals surface area contributed by atoms with Crippen LogP contribution in [0, 0.1) is 0 Å². The highest BCUT2D eigenvalue weighted by Crippen LogP contribution is 2.49. The van der Waals surface area contributed by atoms with Gasteiger partial charge in [0.25, 0.3) is 0 Å². The van der Waals surface area contributed by atoms with E-state index in [1.165, 1.54) is 4.90 Å². The van der Waals surface area contributed by atoms with Gasteiger partial charge < -0.3 is 19.9 Å². The molecule has 182 valence electrons. The first-order valence-corrected chi connectivity index (χ1v) is 10.9. The molecule has 2 aliphatic heterocycles. The molecule has 5 nitrogen and oxygen atoms in total. The van der Waals surface area contributed by atoms with Crippen LogP contribution < -0.4 is 10.1 Å². The van der Waals surface area contributed by atoms with E-state index in [0.29, 0.717) is 42.0 Å². The normalized spacial score (nSPS) is 18.2. The Kier molecular flexibility index (Phi) is 6.67. The third kappa shape index (κ3) is 4.64. The minimum atomic E-state index is -5.76. The predicted molar refractivity (Wildman–Crippen MR) is 118 cm³/mol. The van der Waals surface area contributed by atoms with Gasteiger partial charge in [-0.3, -0.25) is 4.79 Å². The number of carbonyl (C=O) groups is 1. The van der Waals surface area contributed by atoms with E-state index in [2.05, 4.69) is 5.32 Å². The molecule has 0 spiro atoms.